The first-order chi connectivity index (χ1) is 8.84. The van der Waals surface area contributed by atoms with E-state index in [2.05, 4.69) is 6.58 Å². The van der Waals surface area contributed by atoms with Crippen molar-refractivity contribution in [3.05, 3.63) is 41.0 Å². The van der Waals surface area contributed by atoms with Crippen molar-refractivity contribution in [2.45, 2.75) is 11.8 Å². The second-order valence-electron chi connectivity index (χ2n) is 3.72. The van der Waals surface area contributed by atoms with E-state index in [1.807, 2.05) is 0 Å². The predicted molar refractivity (Wildman–Crippen MR) is 72.1 cm³/mol. The lowest BCUT2D eigenvalue weighted by atomic mass is 10.3. The molecule has 0 aliphatic rings. The third-order valence-corrected chi connectivity index (χ3v) is 4.46. The van der Waals surface area contributed by atoms with Gasteiger partial charge in [0.05, 0.1) is 9.82 Å². The van der Waals surface area contributed by atoms with Crippen LogP contribution >= 0.6 is 0 Å². The van der Waals surface area contributed by atoms with Crippen LogP contribution in [-0.4, -0.2) is 30.7 Å². The first-order valence-corrected chi connectivity index (χ1v) is 6.93. The lowest BCUT2D eigenvalue weighted by Gasteiger charge is -2.18. The van der Waals surface area contributed by atoms with Gasteiger partial charge in [0.25, 0.3) is 5.69 Å². The van der Waals surface area contributed by atoms with Crippen LogP contribution in [0.5, 0.6) is 0 Å². The molecule has 0 aliphatic heterocycles. The molecule has 0 radical (unpaired) electrons. The number of nitrogens with two attached hydrogens (primary N) is 1. The van der Waals surface area contributed by atoms with E-state index in [-0.39, 0.29) is 23.7 Å². The highest BCUT2D eigenvalue weighted by atomic mass is 32.2. The van der Waals surface area contributed by atoms with Crippen molar-refractivity contribution in [1.29, 1.82) is 0 Å². The first kappa shape index (κ1) is 15.1. The summed E-state index contributed by atoms with van der Waals surface area (Å²) in [5.41, 5.74) is 4.94. The van der Waals surface area contributed by atoms with Crippen LogP contribution in [0, 0.1) is 10.1 Å². The maximum Gasteiger partial charge on any atom is 0.293 e. The Balaban J connectivity index is 3.32. The summed E-state index contributed by atoms with van der Waals surface area (Å²) < 4.78 is 25.7. The smallest absolute Gasteiger partial charge is 0.293 e. The quantitative estimate of drug-likeness (QED) is 0.367. The van der Waals surface area contributed by atoms with Crippen LogP contribution in [0.15, 0.2) is 35.7 Å². The fourth-order valence-electron chi connectivity index (χ4n) is 1.53. The molecule has 0 saturated heterocycles. The molecule has 0 amide bonds. The van der Waals surface area contributed by atoms with Crippen molar-refractivity contribution < 1.29 is 13.3 Å². The second-order valence-corrected chi connectivity index (χ2v) is 5.66. The molecule has 0 saturated carbocycles. The van der Waals surface area contributed by atoms with E-state index in [4.69, 9.17) is 5.73 Å². The zero-order chi connectivity index (χ0) is 14.6. The molecule has 0 heterocycles. The van der Waals surface area contributed by atoms with Gasteiger partial charge in [0.15, 0.2) is 0 Å². The van der Waals surface area contributed by atoms with Crippen LogP contribution in [0.1, 0.15) is 6.92 Å². The summed E-state index contributed by atoms with van der Waals surface area (Å²) in [7, 11) is -3.78. The van der Waals surface area contributed by atoms with E-state index in [0.29, 0.717) is 0 Å². The molecule has 104 valence electrons. The number of nitro groups is 1. The van der Waals surface area contributed by atoms with Crippen molar-refractivity contribution in [2.75, 3.05) is 18.8 Å². The van der Waals surface area contributed by atoms with Gasteiger partial charge in [-0.3, -0.25) is 10.1 Å². The van der Waals surface area contributed by atoms with E-state index in [9.17, 15) is 18.5 Å². The SMILES string of the molecule is C=CCN(CC)S(=O)(=O)c1ccc(N)c([N+](=O)[O-])c1. The minimum atomic E-state index is -3.78. The van der Waals surface area contributed by atoms with Crippen molar-refractivity contribution in [2.24, 2.45) is 0 Å². The number of benzene rings is 1. The van der Waals surface area contributed by atoms with Crippen LogP contribution in [0.2, 0.25) is 0 Å². The molecule has 2 N–H and O–H groups in total. The maximum atomic E-state index is 12.3. The normalized spacial score (nSPS) is 11.5. The van der Waals surface area contributed by atoms with E-state index in [1.54, 1.807) is 6.92 Å². The van der Waals surface area contributed by atoms with Gasteiger partial charge in [0, 0.05) is 19.2 Å². The molecule has 0 atom stereocenters. The molecule has 1 aromatic carbocycles. The summed E-state index contributed by atoms with van der Waals surface area (Å²) in [6, 6.07) is 3.44. The molecule has 0 bridgehead atoms. The fraction of sp³-hybridized carbons (Fsp3) is 0.273. The van der Waals surface area contributed by atoms with Gasteiger partial charge < -0.3 is 5.73 Å². The highest BCUT2D eigenvalue weighted by Gasteiger charge is 2.25. The lowest BCUT2D eigenvalue weighted by Crippen LogP contribution is -2.31. The van der Waals surface area contributed by atoms with Crippen LogP contribution in [-0.2, 0) is 10.0 Å². The van der Waals surface area contributed by atoms with Gasteiger partial charge in [0.2, 0.25) is 10.0 Å². The van der Waals surface area contributed by atoms with E-state index in [1.165, 1.54) is 18.2 Å². The monoisotopic (exact) mass is 285 g/mol. The molecule has 8 heteroatoms. The molecule has 0 unspecified atom stereocenters. The van der Waals surface area contributed by atoms with Gasteiger partial charge in [-0.25, -0.2) is 8.42 Å². The molecule has 7 nitrogen and oxygen atoms in total. The predicted octanol–water partition coefficient (Wildman–Crippen LogP) is 1.37. The van der Waals surface area contributed by atoms with E-state index >= 15 is 0 Å². The zero-order valence-electron chi connectivity index (χ0n) is 10.4. The van der Waals surface area contributed by atoms with Gasteiger partial charge in [-0.15, -0.1) is 6.58 Å². The van der Waals surface area contributed by atoms with Crippen LogP contribution < -0.4 is 5.73 Å². The first-order valence-electron chi connectivity index (χ1n) is 5.49. The van der Waals surface area contributed by atoms with Crippen molar-refractivity contribution in [3.8, 4) is 0 Å². The standard InChI is InChI=1S/C11H15N3O4S/c1-3-7-13(4-2)19(17,18)9-5-6-10(12)11(8-9)14(15)16/h3,5-6,8H,1,4,7,12H2,2H3. The van der Waals surface area contributed by atoms with Gasteiger partial charge in [-0.05, 0) is 12.1 Å². The summed E-state index contributed by atoms with van der Waals surface area (Å²) in [5, 5.41) is 10.8. The average Bonchev–Trinajstić information content (AvgIpc) is 2.35. The highest BCUT2D eigenvalue weighted by molar-refractivity contribution is 7.89. The number of nitro benzene ring substituents is 1. The molecule has 0 aliphatic carbocycles. The summed E-state index contributed by atoms with van der Waals surface area (Å²) >= 11 is 0. The summed E-state index contributed by atoms with van der Waals surface area (Å²) in [6.45, 7) is 5.53. The fourth-order valence-corrected chi connectivity index (χ4v) is 2.97. The van der Waals surface area contributed by atoms with Crippen molar-refractivity contribution in [3.63, 3.8) is 0 Å². The van der Waals surface area contributed by atoms with Gasteiger partial charge in [-0.1, -0.05) is 13.0 Å². The Morgan fingerprint density at radius 2 is 2.16 bits per heavy atom. The Morgan fingerprint density at radius 1 is 1.53 bits per heavy atom. The topological polar surface area (TPSA) is 107 Å². The number of nitrogens with zero attached hydrogens (tertiary/aromatic N) is 2. The molecule has 0 fully saturated rings. The number of sulfonamides is 1. The minimum Gasteiger partial charge on any atom is -0.393 e. The molecule has 0 aromatic heterocycles. The molecule has 1 rings (SSSR count). The molecule has 0 spiro atoms. The van der Waals surface area contributed by atoms with Gasteiger partial charge >= 0.3 is 0 Å². The number of hydrogen-bond acceptors (Lipinski definition) is 5. The third kappa shape index (κ3) is 3.09. The number of rotatable bonds is 6. The van der Waals surface area contributed by atoms with Crippen LogP contribution in [0.4, 0.5) is 11.4 Å². The Hall–Kier alpha value is -1.93. The Morgan fingerprint density at radius 3 is 2.63 bits per heavy atom. The average molecular weight is 285 g/mol. The lowest BCUT2D eigenvalue weighted by molar-refractivity contribution is -0.384. The Labute approximate surface area is 111 Å². The largest absolute Gasteiger partial charge is 0.393 e. The number of anilines is 1. The van der Waals surface area contributed by atoms with Crippen LogP contribution in [0.25, 0.3) is 0 Å². The van der Waals surface area contributed by atoms with Gasteiger partial charge in [-0.2, -0.15) is 4.31 Å². The Kier molecular flexibility index (Phi) is 4.62. The van der Waals surface area contributed by atoms with Gasteiger partial charge in [0.1, 0.15) is 5.69 Å². The van der Waals surface area contributed by atoms with Crippen molar-refractivity contribution in [1.82, 2.24) is 4.31 Å². The van der Waals surface area contributed by atoms with E-state index in [0.717, 1.165) is 10.4 Å². The number of hydrogen-bond donors (Lipinski definition) is 1. The maximum absolute atomic E-state index is 12.3. The molecule has 1 aromatic rings. The molecular formula is C11H15N3O4S. The number of likely N-dealkylation sites (N-methyl/N-ethyl adjacent to an activating group) is 1. The van der Waals surface area contributed by atoms with Crippen molar-refractivity contribution >= 4 is 21.4 Å². The minimum absolute atomic E-state index is 0.0734. The summed E-state index contributed by atoms with van der Waals surface area (Å²) in [5.74, 6) is 0. The number of nitrogen functional groups attached to an aromatic ring is 1. The summed E-state index contributed by atoms with van der Waals surface area (Å²) in [4.78, 5) is 9.90. The second kappa shape index (κ2) is 5.81. The molecular weight excluding hydrogens is 270 g/mol. The third-order valence-electron chi connectivity index (χ3n) is 2.52. The highest BCUT2D eigenvalue weighted by Crippen LogP contribution is 2.26. The zero-order valence-corrected chi connectivity index (χ0v) is 11.3. The Bertz CT molecular complexity index is 598. The molecule has 19 heavy (non-hydrogen) atoms. The van der Waals surface area contributed by atoms with Crippen LogP contribution in [0.3, 0.4) is 0 Å². The van der Waals surface area contributed by atoms with E-state index < -0.39 is 20.6 Å². The summed E-state index contributed by atoms with van der Waals surface area (Å²) in [6.07, 6.45) is 1.45.